The van der Waals surface area contributed by atoms with Gasteiger partial charge in [0, 0.05) is 13.1 Å². The van der Waals surface area contributed by atoms with E-state index in [1.165, 1.54) is 11.8 Å². The first-order valence-corrected chi connectivity index (χ1v) is 11.2. The second kappa shape index (κ2) is 9.04. The zero-order chi connectivity index (χ0) is 22.1. The summed E-state index contributed by atoms with van der Waals surface area (Å²) in [5.41, 5.74) is 3.44. The van der Waals surface area contributed by atoms with Crippen molar-refractivity contribution in [2.45, 2.75) is 13.5 Å². The first-order valence-electron chi connectivity index (χ1n) is 9.67. The Morgan fingerprint density at radius 3 is 2.65 bits per heavy atom. The molecule has 9 heteroatoms. The number of halogens is 2. The van der Waals surface area contributed by atoms with Crippen LogP contribution in [0.15, 0.2) is 46.3 Å². The maximum absolute atomic E-state index is 12.5. The van der Waals surface area contributed by atoms with Crippen LogP contribution in [0.3, 0.4) is 0 Å². The molecular formula is C22H21Cl2N5OS. The number of thioether (sulfide) groups is 1. The molecule has 2 aromatic carbocycles. The summed E-state index contributed by atoms with van der Waals surface area (Å²) in [6.07, 6.45) is 1.84. The van der Waals surface area contributed by atoms with Gasteiger partial charge < -0.3 is 14.8 Å². The molecule has 0 spiro atoms. The van der Waals surface area contributed by atoms with Crippen molar-refractivity contribution in [3.8, 4) is 0 Å². The number of likely N-dealkylation sites (N-methyl/N-ethyl adjacent to an activating group) is 1. The lowest BCUT2D eigenvalue weighted by molar-refractivity contribution is -0.113. The zero-order valence-corrected chi connectivity index (χ0v) is 19.6. The van der Waals surface area contributed by atoms with Gasteiger partial charge in [0.05, 0.1) is 31.7 Å². The SMILES string of the molecule is Cc1nc2ccc(/C=C3\SC(Nc4c(Cl)cccc4Cl)=NC3=O)cc2n1CCN(C)C. The number of anilines is 1. The Labute approximate surface area is 194 Å². The number of imidazole rings is 1. The number of nitrogens with zero attached hydrogens (tertiary/aromatic N) is 4. The highest BCUT2D eigenvalue weighted by atomic mass is 35.5. The fourth-order valence-corrected chi connectivity index (χ4v) is 4.58. The number of carbonyl (C=O) groups excluding carboxylic acids is 1. The van der Waals surface area contributed by atoms with E-state index < -0.39 is 0 Å². The lowest BCUT2D eigenvalue weighted by Crippen LogP contribution is -2.18. The lowest BCUT2D eigenvalue weighted by Gasteiger charge is -2.12. The van der Waals surface area contributed by atoms with Crippen molar-refractivity contribution in [1.82, 2.24) is 14.5 Å². The fourth-order valence-electron chi connectivity index (χ4n) is 3.27. The van der Waals surface area contributed by atoms with Crippen LogP contribution in [-0.4, -0.2) is 46.2 Å². The molecule has 1 amide bonds. The van der Waals surface area contributed by atoms with E-state index in [1.54, 1.807) is 18.2 Å². The molecule has 160 valence electrons. The van der Waals surface area contributed by atoms with Crippen LogP contribution in [0.5, 0.6) is 0 Å². The Hall–Kier alpha value is -2.32. The molecule has 0 bridgehead atoms. The molecular weight excluding hydrogens is 453 g/mol. The van der Waals surface area contributed by atoms with Crippen molar-refractivity contribution < 1.29 is 4.79 Å². The average molecular weight is 474 g/mol. The maximum Gasteiger partial charge on any atom is 0.286 e. The summed E-state index contributed by atoms with van der Waals surface area (Å²) < 4.78 is 2.20. The predicted octanol–water partition coefficient (Wildman–Crippen LogP) is 5.30. The standard InChI is InChI=1S/C22H21Cl2N5OS/c1-13-25-17-8-7-14(11-18(17)29(13)10-9-28(2)3)12-19-21(30)27-22(31-19)26-20-15(23)5-4-6-16(20)24/h4-8,11-12H,9-10H2,1-3H3,(H,26,27,30)/b19-12-. The van der Waals surface area contributed by atoms with Gasteiger partial charge in [-0.3, -0.25) is 4.79 Å². The van der Waals surface area contributed by atoms with Crippen LogP contribution < -0.4 is 5.32 Å². The van der Waals surface area contributed by atoms with E-state index in [4.69, 9.17) is 23.2 Å². The molecule has 0 fully saturated rings. The van der Waals surface area contributed by atoms with Crippen molar-refractivity contribution in [2.75, 3.05) is 26.0 Å². The molecule has 2 heterocycles. The Morgan fingerprint density at radius 1 is 1.19 bits per heavy atom. The van der Waals surface area contributed by atoms with E-state index >= 15 is 0 Å². The number of benzene rings is 2. The molecule has 0 saturated heterocycles. The fraction of sp³-hybridized carbons (Fsp3) is 0.227. The molecule has 1 aromatic heterocycles. The highest BCUT2D eigenvalue weighted by Gasteiger charge is 2.23. The third-order valence-corrected chi connectivity index (χ3v) is 6.38. The topological polar surface area (TPSA) is 62.5 Å². The number of aromatic nitrogens is 2. The number of para-hydroxylation sites is 1. The van der Waals surface area contributed by atoms with Gasteiger partial charge >= 0.3 is 0 Å². The van der Waals surface area contributed by atoms with E-state index in [2.05, 4.69) is 44.9 Å². The zero-order valence-electron chi connectivity index (χ0n) is 17.3. The normalized spacial score (nSPS) is 15.4. The van der Waals surface area contributed by atoms with E-state index in [0.29, 0.717) is 25.8 Å². The van der Waals surface area contributed by atoms with Gasteiger partial charge in [-0.15, -0.1) is 0 Å². The van der Waals surface area contributed by atoms with Gasteiger partial charge in [0.1, 0.15) is 5.82 Å². The molecule has 3 aromatic rings. The van der Waals surface area contributed by atoms with Crippen LogP contribution >= 0.6 is 35.0 Å². The first-order chi connectivity index (χ1) is 14.8. The third-order valence-electron chi connectivity index (χ3n) is 4.85. The number of aryl methyl sites for hydroxylation is 1. The van der Waals surface area contributed by atoms with Crippen LogP contribution in [0.2, 0.25) is 10.0 Å². The number of rotatable bonds is 5. The third kappa shape index (κ3) is 4.80. The molecule has 6 nitrogen and oxygen atoms in total. The Kier molecular flexibility index (Phi) is 6.39. The Balaban J connectivity index is 1.57. The van der Waals surface area contributed by atoms with Gasteiger partial charge in [-0.05, 0) is 68.7 Å². The summed E-state index contributed by atoms with van der Waals surface area (Å²) in [7, 11) is 4.10. The highest BCUT2D eigenvalue weighted by molar-refractivity contribution is 8.18. The Morgan fingerprint density at radius 2 is 1.94 bits per heavy atom. The molecule has 0 radical (unpaired) electrons. The van der Waals surface area contributed by atoms with Gasteiger partial charge in [0.15, 0.2) is 5.17 Å². The van der Waals surface area contributed by atoms with Gasteiger partial charge in [-0.25, -0.2) is 4.98 Å². The number of hydrogen-bond acceptors (Lipinski definition) is 5. The van der Waals surface area contributed by atoms with Gasteiger partial charge in [-0.2, -0.15) is 4.99 Å². The summed E-state index contributed by atoms with van der Waals surface area (Å²) in [4.78, 5) is 23.9. The maximum atomic E-state index is 12.5. The molecule has 0 aliphatic carbocycles. The molecule has 4 rings (SSSR count). The molecule has 1 aliphatic rings. The first kappa shape index (κ1) is 21.9. The van der Waals surface area contributed by atoms with Gasteiger partial charge in [-0.1, -0.05) is 35.3 Å². The van der Waals surface area contributed by atoms with Gasteiger partial charge in [0.25, 0.3) is 5.91 Å². The number of aliphatic imine (C=N–C) groups is 1. The van der Waals surface area contributed by atoms with E-state index in [0.717, 1.165) is 35.5 Å². The Bertz CT molecular complexity index is 1210. The molecule has 0 unspecified atom stereocenters. The number of carbonyl (C=O) groups is 1. The summed E-state index contributed by atoms with van der Waals surface area (Å²) in [6, 6.07) is 11.2. The van der Waals surface area contributed by atoms with Crippen molar-refractivity contribution in [3.63, 3.8) is 0 Å². The number of amidine groups is 1. The van der Waals surface area contributed by atoms with Crippen LogP contribution in [-0.2, 0) is 11.3 Å². The highest BCUT2D eigenvalue weighted by Crippen LogP contribution is 2.34. The number of amides is 1. The summed E-state index contributed by atoms with van der Waals surface area (Å²) in [6.45, 7) is 3.77. The lowest BCUT2D eigenvalue weighted by atomic mass is 10.2. The van der Waals surface area contributed by atoms with Crippen LogP contribution in [0.1, 0.15) is 11.4 Å². The van der Waals surface area contributed by atoms with Gasteiger partial charge in [0.2, 0.25) is 0 Å². The summed E-state index contributed by atoms with van der Waals surface area (Å²) in [5, 5.41) is 4.44. The van der Waals surface area contributed by atoms with Crippen molar-refractivity contribution in [3.05, 3.63) is 62.7 Å². The number of nitrogens with one attached hydrogen (secondary N) is 1. The number of fused-ring (bicyclic) bond motifs is 1. The second-order valence-corrected chi connectivity index (χ2v) is 9.26. The number of hydrogen-bond donors (Lipinski definition) is 1. The summed E-state index contributed by atoms with van der Waals surface area (Å²) in [5.74, 6) is 0.674. The minimum Gasteiger partial charge on any atom is -0.332 e. The molecule has 1 N–H and O–H groups in total. The molecule has 0 saturated carbocycles. The predicted molar refractivity (Wildman–Crippen MR) is 131 cm³/mol. The van der Waals surface area contributed by atoms with Crippen molar-refractivity contribution in [1.29, 1.82) is 0 Å². The quantitative estimate of drug-likeness (QED) is 0.509. The van der Waals surface area contributed by atoms with E-state index in [-0.39, 0.29) is 5.91 Å². The van der Waals surface area contributed by atoms with Crippen LogP contribution in [0.25, 0.3) is 17.1 Å². The smallest absolute Gasteiger partial charge is 0.286 e. The van der Waals surface area contributed by atoms with Crippen LogP contribution in [0, 0.1) is 6.92 Å². The largest absolute Gasteiger partial charge is 0.332 e. The van der Waals surface area contributed by atoms with Crippen LogP contribution in [0.4, 0.5) is 5.69 Å². The van der Waals surface area contributed by atoms with E-state index in [9.17, 15) is 4.79 Å². The van der Waals surface area contributed by atoms with E-state index in [1.807, 2.05) is 25.1 Å². The minimum absolute atomic E-state index is 0.298. The van der Waals surface area contributed by atoms with Crippen molar-refractivity contribution in [2.24, 2.45) is 4.99 Å². The average Bonchev–Trinajstić information content (AvgIpc) is 3.21. The summed E-state index contributed by atoms with van der Waals surface area (Å²) >= 11 is 13.7. The molecule has 31 heavy (non-hydrogen) atoms. The minimum atomic E-state index is -0.298. The van der Waals surface area contributed by atoms with Crippen molar-refractivity contribution >= 4 is 68.8 Å². The second-order valence-electron chi connectivity index (χ2n) is 7.42. The molecule has 0 atom stereocenters. The monoisotopic (exact) mass is 473 g/mol. The molecule has 1 aliphatic heterocycles.